The molecule has 0 heterocycles. The van der Waals surface area contributed by atoms with E-state index in [1.165, 1.54) is 24.9 Å². The Hall–Kier alpha value is -1.18. The minimum absolute atomic E-state index is 0.506. The minimum Gasteiger partial charge on any atom is -0.497 e. The first-order valence-electron chi connectivity index (χ1n) is 6.91. The number of rotatable bonds is 3. The average molecular weight is 247 g/mol. The Balaban J connectivity index is 2.01. The molecule has 0 spiro atoms. The SMILES string of the molecule is COc1cccc(NC2CCC(C)(C)CC2C)c1. The number of anilines is 1. The van der Waals surface area contributed by atoms with Crippen molar-refractivity contribution >= 4 is 5.69 Å². The van der Waals surface area contributed by atoms with E-state index in [4.69, 9.17) is 4.74 Å². The van der Waals surface area contributed by atoms with Crippen LogP contribution >= 0.6 is 0 Å². The fraction of sp³-hybridized carbons (Fsp3) is 0.625. The normalized spacial score (nSPS) is 26.7. The lowest BCUT2D eigenvalue weighted by atomic mass is 9.70. The molecule has 18 heavy (non-hydrogen) atoms. The fourth-order valence-electron chi connectivity index (χ4n) is 3.09. The molecule has 1 saturated carbocycles. The van der Waals surface area contributed by atoms with Crippen molar-refractivity contribution in [2.24, 2.45) is 11.3 Å². The number of methoxy groups -OCH3 is 1. The highest BCUT2D eigenvalue weighted by atomic mass is 16.5. The van der Waals surface area contributed by atoms with Crippen molar-refractivity contribution in [2.75, 3.05) is 12.4 Å². The van der Waals surface area contributed by atoms with E-state index in [0.717, 1.165) is 11.7 Å². The van der Waals surface area contributed by atoms with Gasteiger partial charge in [0.05, 0.1) is 7.11 Å². The van der Waals surface area contributed by atoms with Gasteiger partial charge in [0.1, 0.15) is 5.75 Å². The van der Waals surface area contributed by atoms with Gasteiger partial charge in [0.15, 0.2) is 0 Å². The number of ether oxygens (including phenoxy) is 1. The van der Waals surface area contributed by atoms with Crippen LogP contribution in [0.25, 0.3) is 0 Å². The predicted octanol–water partition coefficient (Wildman–Crippen LogP) is 4.32. The Morgan fingerprint density at radius 3 is 2.78 bits per heavy atom. The molecule has 0 aliphatic heterocycles. The molecule has 2 atom stereocenters. The van der Waals surface area contributed by atoms with Crippen LogP contribution in [0.2, 0.25) is 0 Å². The molecular weight excluding hydrogens is 222 g/mol. The molecule has 1 aliphatic rings. The van der Waals surface area contributed by atoms with E-state index in [9.17, 15) is 0 Å². The zero-order chi connectivity index (χ0) is 13.2. The zero-order valence-electron chi connectivity index (χ0n) is 12.0. The van der Waals surface area contributed by atoms with Gasteiger partial charge in [0, 0.05) is 17.8 Å². The van der Waals surface area contributed by atoms with E-state index in [-0.39, 0.29) is 0 Å². The second-order valence-corrected chi connectivity index (χ2v) is 6.37. The van der Waals surface area contributed by atoms with Gasteiger partial charge in [-0.1, -0.05) is 26.8 Å². The molecule has 2 nitrogen and oxygen atoms in total. The highest BCUT2D eigenvalue weighted by Crippen LogP contribution is 2.39. The van der Waals surface area contributed by atoms with Crippen molar-refractivity contribution in [3.05, 3.63) is 24.3 Å². The number of hydrogen-bond donors (Lipinski definition) is 1. The van der Waals surface area contributed by atoms with E-state index in [2.05, 4.69) is 38.2 Å². The van der Waals surface area contributed by atoms with E-state index in [1.54, 1.807) is 7.11 Å². The van der Waals surface area contributed by atoms with Crippen LogP contribution < -0.4 is 10.1 Å². The molecule has 0 amide bonds. The molecule has 1 aromatic carbocycles. The summed E-state index contributed by atoms with van der Waals surface area (Å²) in [5.74, 6) is 1.64. The molecule has 0 aromatic heterocycles. The summed E-state index contributed by atoms with van der Waals surface area (Å²) >= 11 is 0. The third kappa shape index (κ3) is 3.18. The Morgan fingerprint density at radius 2 is 2.11 bits per heavy atom. The van der Waals surface area contributed by atoms with Crippen LogP contribution in [0.5, 0.6) is 5.75 Å². The Labute approximate surface area is 111 Å². The van der Waals surface area contributed by atoms with Crippen molar-refractivity contribution < 1.29 is 4.74 Å². The van der Waals surface area contributed by atoms with Gasteiger partial charge < -0.3 is 10.1 Å². The Kier molecular flexibility index (Phi) is 3.84. The lowest BCUT2D eigenvalue weighted by molar-refractivity contribution is 0.177. The van der Waals surface area contributed by atoms with Crippen LogP contribution in [-0.4, -0.2) is 13.2 Å². The monoisotopic (exact) mass is 247 g/mol. The van der Waals surface area contributed by atoms with E-state index in [0.29, 0.717) is 11.5 Å². The molecule has 1 aromatic rings. The number of benzene rings is 1. The maximum absolute atomic E-state index is 5.26. The van der Waals surface area contributed by atoms with Crippen LogP contribution in [0, 0.1) is 11.3 Å². The van der Waals surface area contributed by atoms with Gasteiger partial charge in [-0.2, -0.15) is 0 Å². The molecule has 0 saturated heterocycles. The lowest BCUT2D eigenvalue weighted by Crippen LogP contribution is -2.36. The second kappa shape index (κ2) is 5.21. The number of nitrogens with one attached hydrogen (secondary N) is 1. The van der Waals surface area contributed by atoms with Gasteiger partial charge in [-0.3, -0.25) is 0 Å². The minimum atomic E-state index is 0.506. The Morgan fingerprint density at radius 1 is 1.33 bits per heavy atom. The van der Waals surface area contributed by atoms with Gasteiger partial charge in [0.25, 0.3) is 0 Å². The zero-order valence-corrected chi connectivity index (χ0v) is 12.0. The van der Waals surface area contributed by atoms with Crippen molar-refractivity contribution in [2.45, 2.75) is 46.1 Å². The van der Waals surface area contributed by atoms with Crippen LogP contribution in [0.4, 0.5) is 5.69 Å². The van der Waals surface area contributed by atoms with Crippen molar-refractivity contribution in [3.63, 3.8) is 0 Å². The van der Waals surface area contributed by atoms with Gasteiger partial charge in [-0.05, 0) is 42.7 Å². The van der Waals surface area contributed by atoms with Crippen LogP contribution in [0.3, 0.4) is 0 Å². The average Bonchev–Trinajstić information content (AvgIpc) is 2.32. The summed E-state index contributed by atoms with van der Waals surface area (Å²) in [7, 11) is 1.71. The molecule has 2 rings (SSSR count). The van der Waals surface area contributed by atoms with Crippen molar-refractivity contribution in [3.8, 4) is 5.75 Å². The summed E-state index contributed by atoms with van der Waals surface area (Å²) in [5, 5.41) is 3.66. The summed E-state index contributed by atoms with van der Waals surface area (Å²) < 4.78 is 5.26. The van der Waals surface area contributed by atoms with E-state index < -0.39 is 0 Å². The summed E-state index contributed by atoms with van der Waals surface area (Å²) in [5.41, 5.74) is 1.68. The smallest absolute Gasteiger partial charge is 0.120 e. The van der Waals surface area contributed by atoms with Gasteiger partial charge in [-0.25, -0.2) is 0 Å². The highest BCUT2D eigenvalue weighted by molar-refractivity contribution is 5.49. The third-order valence-electron chi connectivity index (χ3n) is 4.12. The van der Waals surface area contributed by atoms with Gasteiger partial charge in [0.2, 0.25) is 0 Å². The first kappa shape index (κ1) is 13.3. The van der Waals surface area contributed by atoms with Gasteiger partial charge in [-0.15, -0.1) is 0 Å². The topological polar surface area (TPSA) is 21.3 Å². The summed E-state index contributed by atoms with van der Waals surface area (Å²) in [6.07, 6.45) is 3.86. The molecule has 2 heteroatoms. The molecular formula is C16H25NO. The molecule has 1 N–H and O–H groups in total. The summed E-state index contributed by atoms with van der Waals surface area (Å²) in [6.45, 7) is 7.12. The standard InChI is InChI=1S/C16H25NO/c1-12-11-16(2,3)9-8-15(12)17-13-6-5-7-14(10-13)18-4/h5-7,10,12,15,17H,8-9,11H2,1-4H3. The van der Waals surface area contributed by atoms with E-state index >= 15 is 0 Å². The molecule has 0 bridgehead atoms. The molecule has 100 valence electrons. The summed E-state index contributed by atoms with van der Waals surface area (Å²) in [4.78, 5) is 0. The highest BCUT2D eigenvalue weighted by Gasteiger charge is 2.32. The first-order chi connectivity index (χ1) is 8.50. The maximum atomic E-state index is 5.26. The largest absolute Gasteiger partial charge is 0.497 e. The molecule has 2 unspecified atom stereocenters. The molecule has 1 aliphatic carbocycles. The molecule has 1 fully saturated rings. The fourth-order valence-corrected chi connectivity index (χ4v) is 3.09. The molecule has 0 radical (unpaired) electrons. The van der Waals surface area contributed by atoms with Crippen LogP contribution in [-0.2, 0) is 0 Å². The summed E-state index contributed by atoms with van der Waals surface area (Å²) in [6, 6.07) is 8.81. The first-order valence-corrected chi connectivity index (χ1v) is 6.91. The third-order valence-corrected chi connectivity index (χ3v) is 4.12. The predicted molar refractivity (Wildman–Crippen MR) is 77.2 cm³/mol. The number of hydrogen-bond acceptors (Lipinski definition) is 2. The maximum Gasteiger partial charge on any atom is 0.120 e. The van der Waals surface area contributed by atoms with Crippen LogP contribution in [0.1, 0.15) is 40.0 Å². The van der Waals surface area contributed by atoms with Crippen LogP contribution in [0.15, 0.2) is 24.3 Å². The second-order valence-electron chi connectivity index (χ2n) is 6.37. The lowest BCUT2D eigenvalue weighted by Gasteiger charge is -2.40. The van der Waals surface area contributed by atoms with E-state index in [1.807, 2.05) is 12.1 Å². The quantitative estimate of drug-likeness (QED) is 0.858. The van der Waals surface area contributed by atoms with Crippen molar-refractivity contribution in [1.29, 1.82) is 0 Å². The van der Waals surface area contributed by atoms with Gasteiger partial charge >= 0.3 is 0 Å². The Bertz CT molecular complexity index is 400. The van der Waals surface area contributed by atoms with Crippen molar-refractivity contribution in [1.82, 2.24) is 0 Å².